The number of rotatable bonds is 8. The molecule has 3 aliphatic rings. The molecular formula is C23H30N4O3. The highest BCUT2D eigenvalue weighted by Crippen LogP contribution is 2.52. The van der Waals surface area contributed by atoms with Crippen molar-refractivity contribution in [2.45, 2.75) is 19.3 Å². The van der Waals surface area contributed by atoms with Crippen LogP contribution in [0.2, 0.25) is 0 Å². The van der Waals surface area contributed by atoms with E-state index in [-0.39, 0.29) is 35.5 Å². The van der Waals surface area contributed by atoms with Crippen molar-refractivity contribution in [2.24, 2.45) is 28.7 Å². The van der Waals surface area contributed by atoms with Gasteiger partial charge >= 0.3 is 0 Å². The lowest BCUT2D eigenvalue weighted by molar-refractivity contribution is -0.140. The molecule has 2 bridgehead atoms. The van der Waals surface area contributed by atoms with Gasteiger partial charge in [-0.1, -0.05) is 30.4 Å². The quantitative estimate of drug-likeness (QED) is 0.224. The van der Waals surface area contributed by atoms with E-state index in [1.807, 2.05) is 18.2 Å². The first-order chi connectivity index (χ1) is 14.6. The molecule has 4 rings (SSSR count). The van der Waals surface area contributed by atoms with Crippen LogP contribution in [0.15, 0.2) is 41.4 Å². The van der Waals surface area contributed by atoms with E-state index in [9.17, 15) is 9.59 Å². The number of fused-ring (bicyclic) bond motifs is 5. The summed E-state index contributed by atoms with van der Waals surface area (Å²) >= 11 is 0. The van der Waals surface area contributed by atoms with Crippen LogP contribution in [0.1, 0.15) is 18.4 Å². The van der Waals surface area contributed by atoms with E-state index >= 15 is 0 Å². The fourth-order valence-electron chi connectivity index (χ4n) is 5.07. The third-order valence-electron chi connectivity index (χ3n) is 6.52. The number of amides is 2. The van der Waals surface area contributed by atoms with E-state index in [1.165, 1.54) is 4.90 Å². The Hall–Kier alpha value is -2.83. The molecule has 4 atom stereocenters. The van der Waals surface area contributed by atoms with Gasteiger partial charge in [0.05, 0.1) is 18.9 Å². The number of guanidine groups is 1. The highest BCUT2D eigenvalue weighted by molar-refractivity contribution is 6.06. The number of carbonyl (C=O) groups excluding carboxylic acids is 2. The average Bonchev–Trinajstić information content (AvgIpc) is 3.45. The van der Waals surface area contributed by atoms with Crippen molar-refractivity contribution >= 4 is 17.8 Å². The summed E-state index contributed by atoms with van der Waals surface area (Å²) in [4.78, 5) is 31.1. The molecule has 1 saturated carbocycles. The number of nitrogens with one attached hydrogen (secondary N) is 2. The number of para-hydroxylation sites is 1. The number of nitrogens with zero attached hydrogens (tertiary/aromatic N) is 2. The van der Waals surface area contributed by atoms with Gasteiger partial charge in [-0.2, -0.15) is 0 Å². The van der Waals surface area contributed by atoms with Crippen LogP contribution in [0.5, 0.6) is 5.75 Å². The summed E-state index contributed by atoms with van der Waals surface area (Å²) in [5.74, 6) is 1.98. The Labute approximate surface area is 177 Å². The Bertz CT molecular complexity index is 836. The molecule has 0 radical (unpaired) electrons. The highest BCUT2D eigenvalue weighted by atomic mass is 16.5. The molecule has 2 amide bonds. The molecule has 1 aromatic carbocycles. The Kier molecular flexibility index (Phi) is 6.06. The first kappa shape index (κ1) is 20.4. The number of ether oxygens (including phenoxy) is 1. The molecule has 7 nitrogen and oxygen atoms in total. The number of hydrogen-bond donors (Lipinski definition) is 2. The molecule has 2 aliphatic carbocycles. The standard InChI is InChI=1S/C23H30N4O3/c1-24-23(26-12-10-15-6-3-4-7-18(15)30-2)25-11-5-13-27-21(28)19-16-8-9-17(14-16)20(19)22(27)29/h3-4,6-9,16-17,19-20H,5,10-14H2,1-2H3,(H2,24,25,26). The summed E-state index contributed by atoms with van der Waals surface area (Å²) in [6, 6.07) is 7.97. The van der Waals surface area contributed by atoms with Crippen LogP contribution in [0.4, 0.5) is 0 Å². The van der Waals surface area contributed by atoms with E-state index in [0.29, 0.717) is 25.5 Å². The van der Waals surface area contributed by atoms with Gasteiger partial charge in [-0.05, 0) is 42.7 Å². The molecule has 1 saturated heterocycles. The molecule has 160 valence electrons. The number of allylic oxidation sites excluding steroid dienone is 2. The minimum Gasteiger partial charge on any atom is -0.496 e. The Morgan fingerprint density at radius 1 is 1.10 bits per heavy atom. The molecule has 2 fully saturated rings. The predicted molar refractivity (Wildman–Crippen MR) is 115 cm³/mol. The van der Waals surface area contributed by atoms with E-state index in [1.54, 1.807) is 14.2 Å². The largest absolute Gasteiger partial charge is 0.496 e. The van der Waals surface area contributed by atoms with E-state index in [2.05, 4.69) is 33.8 Å². The zero-order chi connectivity index (χ0) is 21.1. The monoisotopic (exact) mass is 410 g/mol. The van der Waals surface area contributed by atoms with Gasteiger partial charge in [-0.15, -0.1) is 0 Å². The molecule has 2 N–H and O–H groups in total. The number of aliphatic imine (C=N–C) groups is 1. The summed E-state index contributed by atoms with van der Waals surface area (Å²) in [5.41, 5.74) is 1.14. The summed E-state index contributed by atoms with van der Waals surface area (Å²) in [6.45, 7) is 1.84. The number of imide groups is 1. The maximum atomic E-state index is 12.7. The number of methoxy groups -OCH3 is 1. The van der Waals surface area contributed by atoms with Crippen molar-refractivity contribution in [3.63, 3.8) is 0 Å². The van der Waals surface area contributed by atoms with Crippen molar-refractivity contribution in [3.8, 4) is 5.75 Å². The maximum Gasteiger partial charge on any atom is 0.233 e. The first-order valence-electron chi connectivity index (χ1n) is 10.7. The second kappa shape index (κ2) is 8.90. The predicted octanol–water partition coefficient (Wildman–Crippen LogP) is 1.60. The first-order valence-corrected chi connectivity index (χ1v) is 10.7. The highest BCUT2D eigenvalue weighted by Gasteiger charge is 2.58. The van der Waals surface area contributed by atoms with Crippen molar-refractivity contribution in [1.82, 2.24) is 15.5 Å². The molecule has 1 aliphatic heterocycles. The van der Waals surface area contributed by atoms with Gasteiger partial charge in [-0.25, -0.2) is 0 Å². The molecular weight excluding hydrogens is 380 g/mol. The Balaban J connectivity index is 1.19. The minimum atomic E-state index is -0.107. The van der Waals surface area contributed by atoms with Gasteiger partial charge in [0.15, 0.2) is 5.96 Å². The van der Waals surface area contributed by atoms with Crippen molar-refractivity contribution < 1.29 is 14.3 Å². The Morgan fingerprint density at radius 2 is 1.77 bits per heavy atom. The molecule has 4 unspecified atom stereocenters. The average molecular weight is 411 g/mol. The van der Waals surface area contributed by atoms with Gasteiger partial charge in [-0.3, -0.25) is 19.5 Å². The number of benzene rings is 1. The van der Waals surface area contributed by atoms with Crippen molar-refractivity contribution in [1.29, 1.82) is 0 Å². The molecule has 1 heterocycles. The van der Waals surface area contributed by atoms with E-state index < -0.39 is 0 Å². The zero-order valence-electron chi connectivity index (χ0n) is 17.6. The van der Waals surface area contributed by atoms with Crippen LogP contribution < -0.4 is 15.4 Å². The summed E-state index contributed by atoms with van der Waals surface area (Å²) in [6.07, 6.45) is 6.75. The van der Waals surface area contributed by atoms with Crippen LogP contribution in [0.3, 0.4) is 0 Å². The van der Waals surface area contributed by atoms with Crippen LogP contribution in [0.25, 0.3) is 0 Å². The number of hydrogen-bond acceptors (Lipinski definition) is 4. The molecule has 0 aromatic heterocycles. The van der Waals surface area contributed by atoms with Gasteiger partial charge < -0.3 is 15.4 Å². The molecule has 30 heavy (non-hydrogen) atoms. The van der Waals surface area contributed by atoms with Crippen LogP contribution >= 0.6 is 0 Å². The molecule has 1 aromatic rings. The SMILES string of the molecule is CN=C(NCCCN1C(=O)C2C3C=CC(C3)C2C1=O)NCCc1ccccc1OC. The second-order valence-corrected chi connectivity index (χ2v) is 8.17. The normalized spacial score (nSPS) is 27.0. The van der Waals surface area contributed by atoms with Crippen LogP contribution in [-0.4, -0.2) is 56.5 Å². The lowest BCUT2D eigenvalue weighted by atomic mass is 9.85. The van der Waals surface area contributed by atoms with E-state index in [4.69, 9.17) is 4.74 Å². The zero-order valence-corrected chi connectivity index (χ0v) is 17.6. The van der Waals surface area contributed by atoms with Gasteiger partial charge in [0.1, 0.15) is 5.75 Å². The molecule has 0 spiro atoms. The summed E-state index contributed by atoms with van der Waals surface area (Å²) < 4.78 is 5.38. The van der Waals surface area contributed by atoms with Crippen molar-refractivity contribution in [3.05, 3.63) is 42.0 Å². The maximum absolute atomic E-state index is 12.7. The summed E-state index contributed by atoms with van der Waals surface area (Å²) in [7, 11) is 3.41. The lowest BCUT2D eigenvalue weighted by Crippen LogP contribution is -2.40. The Morgan fingerprint density at radius 3 is 2.43 bits per heavy atom. The number of carbonyl (C=O) groups is 2. The van der Waals surface area contributed by atoms with Crippen LogP contribution in [0, 0.1) is 23.7 Å². The smallest absolute Gasteiger partial charge is 0.233 e. The lowest BCUT2D eigenvalue weighted by Gasteiger charge is -2.18. The van der Waals surface area contributed by atoms with Gasteiger partial charge in [0.25, 0.3) is 0 Å². The molecule has 7 heteroatoms. The summed E-state index contributed by atoms with van der Waals surface area (Å²) in [5, 5.41) is 6.56. The van der Waals surface area contributed by atoms with Gasteiger partial charge in [0.2, 0.25) is 11.8 Å². The fourth-order valence-corrected chi connectivity index (χ4v) is 5.07. The third kappa shape index (κ3) is 3.80. The van der Waals surface area contributed by atoms with Crippen LogP contribution in [-0.2, 0) is 16.0 Å². The number of likely N-dealkylation sites (tertiary alicyclic amines) is 1. The second-order valence-electron chi connectivity index (χ2n) is 8.17. The van der Waals surface area contributed by atoms with Gasteiger partial charge in [0, 0.05) is 26.7 Å². The van der Waals surface area contributed by atoms with E-state index in [0.717, 1.165) is 30.7 Å². The third-order valence-corrected chi connectivity index (χ3v) is 6.52. The van der Waals surface area contributed by atoms with Crippen molar-refractivity contribution in [2.75, 3.05) is 33.8 Å². The fraction of sp³-hybridized carbons (Fsp3) is 0.522. The topological polar surface area (TPSA) is 83.0 Å². The minimum absolute atomic E-state index is 0.0289.